The molecule has 0 aliphatic carbocycles. The summed E-state index contributed by atoms with van der Waals surface area (Å²) in [5, 5.41) is 2.26. The second-order valence-electron chi connectivity index (χ2n) is 4.37. The highest BCUT2D eigenvalue weighted by atomic mass is 35.5. The second kappa shape index (κ2) is 7.12. The van der Waals surface area contributed by atoms with Gasteiger partial charge in [-0.05, 0) is 24.3 Å². The van der Waals surface area contributed by atoms with E-state index in [-0.39, 0.29) is 12.4 Å². The maximum Gasteiger partial charge on any atom is 0.254 e. The van der Waals surface area contributed by atoms with E-state index in [0.29, 0.717) is 31.5 Å². The standard InChI is InChI=1S/C15H9Cl4N2.ClH/c16-10-3-1-4-11(17)14(10)20-7-8-21(9-20)15-12(18)5-2-6-13(15)19;/h1-9H;1H/q+1;/p-1. The number of hydrogen-bond acceptors (Lipinski definition) is 0. The average molecular weight is 395 g/mol. The predicted molar refractivity (Wildman–Crippen MR) is 87.3 cm³/mol. The number of nitrogens with zero attached hydrogens (tertiary/aromatic N) is 2. The van der Waals surface area contributed by atoms with Crippen molar-refractivity contribution in [3.05, 3.63) is 75.2 Å². The fourth-order valence-corrected chi connectivity index (χ4v) is 3.28. The van der Waals surface area contributed by atoms with Crippen LogP contribution in [0.3, 0.4) is 0 Å². The molecule has 0 fully saturated rings. The van der Waals surface area contributed by atoms with Crippen LogP contribution in [0, 0.1) is 0 Å². The van der Waals surface area contributed by atoms with Gasteiger partial charge in [0.05, 0.1) is 20.1 Å². The number of hydrogen-bond donors (Lipinski definition) is 0. The maximum absolute atomic E-state index is 6.22. The molecule has 0 aliphatic rings. The summed E-state index contributed by atoms with van der Waals surface area (Å²) in [6, 6.07) is 10.8. The molecule has 0 spiro atoms. The lowest BCUT2D eigenvalue weighted by Gasteiger charge is -2.03. The van der Waals surface area contributed by atoms with E-state index in [1.54, 1.807) is 36.4 Å². The number of halogens is 5. The Hall–Kier alpha value is -0.900. The Labute approximate surface area is 154 Å². The zero-order valence-electron chi connectivity index (χ0n) is 11.0. The third-order valence-electron chi connectivity index (χ3n) is 3.03. The van der Waals surface area contributed by atoms with E-state index in [0.717, 1.165) is 0 Å². The lowest BCUT2D eigenvalue weighted by Crippen LogP contribution is -3.00. The van der Waals surface area contributed by atoms with Crippen molar-refractivity contribution in [2.24, 2.45) is 0 Å². The lowest BCUT2D eigenvalue weighted by atomic mass is 10.3. The molecule has 0 saturated heterocycles. The molecule has 1 aromatic heterocycles. The average Bonchev–Trinajstić information content (AvgIpc) is 2.87. The Morgan fingerprint density at radius 1 is 0.773 bits per heavy atom. The van der Waals surface area contributed by atoms with Crippen molar-refractivity contribution in [1.29, 1.82) is 0 Å². The largest absolute Gasteiger partial charge is 1.00 e. The quantitative estimate of drug-likeness (QED) is 0.590. The number of imidazole rings is 1. The van der Waals surface area contributed by atoms with Gasteiger partial charge in [-0.25, -0.2) is 0 Å². The molecular weight excluding hydrogens is 385 g/mol. The summed E-state index contributed by atoms with van der Waals surface area (Å²) in [5.74, 6) is 0. The van der Waals surface area contributed by atoms with Crippen LogP contribution in [-0.4, -0.2) is 4.57 Å². The molecular formula is C15H9Cl5N2. The first kappa shape index (κ1) is 17.5. The molecule has 0 amide bonds. The highest BCUT2D eigenvalue weighted by Gasteiger charge is 2.18. The number of rotatable bonds is 2. The first-order chi connectivity index (χ1) is 10.1. The minimum Gasteiger partial charge on any atom is -1.00 e. The smallest absolute Gasteiger partial charge is 0.254 e. The van der Waals surface area contributed by atoms with Gasteiger partial charge in [0.2, 0.25) is 0 Å². The molecule has 114 valence electrons. The van der Waals surface area contributed by atoms with Crippen molar-refractivity contribution in [3.63, 3.8) is 0 Å². The van der Waals surface area contributed by atoms with Crippen LogP contribution in [0.2, 0.25) is 20.1 Å². The molecule has 7 heteroatoms. The second-order valence-corrected chi connectivity index (χ2v) is 6.00. The van der Waals surface area contributed by atoms with Crippen LogP contribution < -0.4 is 17.0 Å². The molecule has 2 nitrogen and oxygen atoms in total. The van der Waals surface area contributed by atoms with Crippen molar-refractivity contribution in [2.75, 3.05) is 0 Å². The van der Waals surface area contributed by atoms with Gasteiger partial charge in [0, 0.05) is 0 Å². The molecule has 22 heavy (non-hydrogen) atoms. The Morgan fingerprint density at radius 2 is 1.27 bits per heavy atom. The summed E-state index contributed by atoms with van der Waals surface area (Å²) in [4.78, 5) is 0. The van der Waals surface area contributed by atoms with E-state index in [2.05, 4.69) is 0 Å². The van der Waals surface area contributed by atoms with Gasteiger partial charge in [-0.3, -0.25) is 0 Å². The van der Waals surface area contributed by atoms with Crippen molar-refractivity contribution < 1.29 is 17.0 Å². The van der Waals surface area contributed by atoms with Gasteiger partial charge < -0.3 is 12.4 Å². The van der Waals surface area contributed by atoms with Crippen molar-refractivity contribution in [3.8, 4) is 11.4 Å². The summed E-state index contributed by atoms with van der Waals surface area (Å²) < 4.78 is 3.65. The van der Waals surface area contributed by atoms with Gasteiger partial charge in [0.1, 0.15) is 12.4 Å². The molecule has 0 atom stereocenters. The molecule has 0 radical (unpaired) electrons. The summed E-state index contributed by atoms with van der Waals surface area (Å²) in [6.45, 7) is 0. The van der Waals surface area contributed by atoms with Gasteiger partial charge in [-0.2, -0.15) is 9.13 Å². The minimum absolute atomic E-state index is 0. The minimum atomic E-state index is 0. The normalized spacial score (nSPS) is 10.4. The summed E-state index contributed by atoms with van der Waals surface area (Å²) in [7, 11) is 0. The van der Waals surface area contributed by atoms with Crippen LogP contribution in [0.15, 0.2) is 55.1 Å². The van der Waals surface area contributed by atoms with E-state index in [1.807, 2.05) is 27.9 Å². The summed E-state index contributed by atoms with van der Waals surface area (Å²) >= 11 is 24.9. The summed E-state index contributed by atoms with van der Waals surface area (Å²) in [6.07, 6.45) is 5.50. The van der Waals surface area contributed by atoms with Crippen LogP contribution >= 0.6 is 46.4 Å². The van der Waals surface area contributed by atoms with Crippen LogP contribution in [-0.2, 0) is 0 Å². The zero-order chi connectivity index (χ0) is 15.0. The molecule has 0 N–H and O–H groups in total. The number of para-hydroxylation sites is 2. The SMILES string of the molecule is Clc1cccc(Cl)c1-n1cc[n+](-c2c(Cl)cccc2Cl)c1.[Cl-]. The molecule has 3 aromatic rings. The Balaban J connectivity index is 0.00000176. The molecule has 3 rings (SSSR count). The third kappa shape index (κ3) is 3.22. The Morgan fingerprint density at radius 3 is 1.82 bits per heavy atom. The molecule has 1 heterocycles. The number of aromatic nitrogens is 2. The first-order valence-electron chi connectivity index (χ1n) is 6.06. The summed E-state index contributed by atoms with van der Waals surface area (Å²) in [5.41, 5.74) is 1.42. The predicted octanol–water partition coefficient (Wildman–Crippen LogP) is 2.37. The molecule has 2 aromatic carbocycles. The van der Waals surface area contributed by atoms with E-state index in [9.17, 15) is 0 Å². The molecule has 0 aliphatic heterocycles. The fourth-order valence-electron chi connectivity index (χ4n) is 2.09. The Kier molecular flexibility index (Phi) is 5.65. The zero-order valence-corrected chi connectivity index (χ0v) is 14.8. The van der Waals surface area contributed by atoms with E-state index in [1.165, 1.54) is 0 Å². The number of benzene rings is 2. The monoisotopic (exact) mass is 392 g/mol. The highest BCUT2D eigenvalue weighted by Crippen LogP contribution is 2.29. The Bertz CT molecular complexity index is 707. The molecule has 0 bridgehead atoms. The van der Waals surface area contributed by atoms with Crippen molar-refractivity contribution >= 4 is 46.4 Å². The topological polar surface area (TPSA) is 8.81 Å². The fraction of sp³-hybridized carbons (Fsp3) is 0. The van der Waals surface area contributed by atoms with Crippen LogP contribution in [0.4, 0.5) is 0 Å². The van der Waals surface area contributed by atoms with E-state index >= 15 is 0 Å². The van der Waals surface area contributed by atoms with E-state index < -0.39 is 0 Å². The third-order valence-corrected chi connectivity index (χ3v) is 4.25. The van der Waals surface area contributed by atoms with Crippen LogP contribution in [0.25, 0.3) is 11.4 Å². The first-order valence-corrected chi connectivity index (χ1v) is 7.57. The van der Waals surface area contributed by atoms with Crippen molar-refractivity contribution in [1.82, 2.24) is 4.57 Å². The van der Waals surface area contributed by atoms with Crippen LogP contribution in [0.5, 0.6) is 0 Å². The van der Waals surface area contributed by atoms with Gasteiger partial charge in [0.15, 0.2) is 11.4 Å². The molecule has 0 unspecified atom stereocenters. The molecule has 0 saturated carbocycles. The van der Waals surface area contributed by atoms with E-state index in [4.69, 9.17) is 46.4 Å². The maximum atomic E-state index is 6.22. The van der Waals surface area contributed by atoms with Gasteiger partial charge in [-0.15, -0.1) is 0 Å². The highest BCUT2D eigenvalue weighted by molar-refractivity contribution is 6.38. The van der Waals surface area contributed by atoms with Gasteiger partial charge in [-0.1, -0.05) is 58.5 Å². The van der Waals surface area contributed by atoms with Crippen molar-refractivity contribution in [2.45, 2.75) is 0 Å². The lowest BCUT2D eigenvalue weighted by molar-refractivity contribution is -0.594. The van der Waals surface area contributed by atoms with Crippen LogP contribution in [0.1, 0.15) is 0 Å². The van der Waals surface area contributed by atoms with Gasteiger partial charge in [0.25, 0.3) is 6.33 Å². The van der Waals surface area contributed by atoms with Gasteiger partial charge >= 0.3 is 0 Å².